The van der Waals surface area contributed by atoms with Gasteiger partial charge < -0.3 is 14.8 Å². The van der Waals surface area contributed by atoms with Crippen LogP contribution in [0.15, 0.2) is 110 Å². The summed E-state index contributed by atoms with van der Waals surface area (Å²) >= 11 is 0. The van der Waals surface area contributed by atoms with E-state index in [4.69, 9.17) is 9.47 Å². The molecule has 4 rings (SSSR count). The molecule has 48 heavy (non-hydrogen) atoms. The first-order valence-electron chi connectivity index (χ1n) is 15.7. The molecule has 0 radical (unpaired) electrons. The number of nitrogens with one attached hydrogen (secondary N) is 1. The fourth-order valence-electron chi connectivity index (χ4n) is 4.63. The first kappa shape index (κ1) is 41.6. The second-order valence-electron chi connectivity index (χ2n) is 11.6. The molecule has 0 aliphatic rings. The molecule has 0 amide bonds. The summed E-state index contributed by atoms with van der Waals surface area (Å²) in [6, 6.07) is 26.2. The number of hydrogen-bond acceptors (Lipinski definition) is 9. The Morgan fingerprint density at radius 1 is 0.708 bits per heavy atom. The summed E-state index contributed by atoms with van der Waals surface area (Å²) < 4.78 is 10.8. The Balaban J connectivity index is 0.000000398. The molecule has 10 heteroatoms. The number of carbonyl (C=O) groups excluding carboxylic acids is 3. The number of hydrogen-bond donors (Lipinski definition) is 1. The molecule has 2 atom stereocenters. The van der Waals surface area contributed by atoms with Crippen LogP contribution in [0.3, 0.4) is 0 Å². The van der Waals surface area contributed by atoms with Gasteiger partial charge in [0.1, 0.15) is 31.6 Å². The summed E-state index contributed by atoms with van der Waals surface area (Å²) in [5, 5.41) is 2.96. The van der Waals surface area contributed by atoms with Crippen molar-refractivity contribution in [1.82, 2.24) is 20.2 Å². The molecule has 0 saturated heterocycles. The standard InChI is InChI=1S/C19H24N2O2.C13H19NO2.C6H5NO.ClH/c1-15(2)18(21(3)13-16-9-11-20-12-10-16)19(22)23-14-17-7-5-4-6-8-17;1-10(2)12(14-3)13(15)16-9-11-7-5-4-6-8-11;8-5-6-1-3-7-4-2-6;/h4-12,15,18H,13-14H2,1-3H3;4-8,10,12,14H,9H2,1-3H3;1-5H;1H/t18-;12-;;/m00../s1. The number of rotatable bonds is 13. The Kier molecular flexibility index (Phi) is 20.6. The van der Waals surface area contributed by atoms with Gasteiger partial charge in [-0.3, -0.25) is 29.3 Å². The molecule has 1 N–H and O–H groups in total. The van der Waals surface area contributed by atoms with Crippen molar-refractivity contribution in [3.05, 3.63) is 132 Å². The van der Waals surface area contributed by atoms with Crippen LogP contribution >= 0.6 is 12.4 Å². The van der Waals surface area contributed by atoms with Gasteiger partial charge in [-0.25, -0.2) is 0 Å². The Hall–Kier alpha value is -4.44. The third-order valence-corrected chi connectivity index (χ3v) is 7.05. The number of nitrogens with zero attached hydrogens (tertiary/aromatic N) is 3. The lowest BCUT2D eigenvalue weighted by Gasteiger charge is -2.29. The molecule has 0 saturated carbocycles. The fourth-order valence-corrected chi connectivity index (χ4v) is 4.63. The predicted octanol–water partition coefficient (Wildman–Crippen LogP) is 6.57. The number of likely N-dealkylation sites (N-methyl/N-ethyl adjacent to an activating group) is 2. The number of carbonyl (C=O) groups is 3. The Labute approximate surface area is 291 Å². The van der Waals surface area contributed by atoms with Crippen molar-refractivity contribution in [3.8, 4) is 0 Å². The second-order valence-corrected chi connectivity index (χ2v) is 11.6. The molecule has 0 fully saturated rings. The van der Waals surface area contributed by atoms with E-state index in [1.165, 1.54) is 0 Å². The highest BCUT2D eigenvalue weighted by Gasteiger charge is 2.28. The summed E-state index contributed by atoms with van der Waals surface area (Å²) in [5.41, 5.74) is 3.80. The lowest BCUT2D eigenvalue weighted by atomic mass is 10.0. The van der Waals surface area contributed by atoms with Gasteiger partial charge in [0, 0.05) is 36.9 Å². The van der Waals surface area contributed by atoms with Gasteiger partial charge in [-0.05, 0) is 66.9 Å². The molecule has 9 nitrogen and oxygen atoms in total. The third-order valence-electron chi connectivity index (χ3n) is 7.05. The first-order valence-corrected chi connectivity index (χ1v) is 15.7. The van der Waals surface area contributed by atoms with E-state index >= 15 is 0 Å². The largest absolute Gasteiger partial charge is 0.460 e. The smallest absolute Gasteiger partial charge is 0.323 e. The lowest BCUT2D eigenvalue weighted by Crippen LogP contribution is -2.43. The fraction of sp³-hybridized carbons (Fsp3) is 0.342. The van der Waals surface area contributed by atoms with Gasteiger partial charge in [0.25, 0.3) is 0 Å². The molecule has 0 bridgehead atoms. The summed E-state index contributed by atoms with van der Waals surface area (Å²) in [6.07, 6.45) is 7.50. The van der Waals surface area contributed by atoms with E-state index in [0.717, 1.165) is 23.0 Å². The average molecular weight is 677 g/mol. The van der Waals surface area contributed by atoms with Crippen molar-refractivity contribution >= 4 is 30.6 Å². The summed E-state index contributed by atoms with van der Waals surface area (Å²) in [6.45, 7) is 9.40. The number of ether oxygens (including phenoxy) is 2. The second kappa shape index (κ2) is 23.8. The Bertz CT molecular complexity index is 1430. The number of halogens is 1. The van der Waals surface area contributed by atoms with Gasteiger partial charge in [0.15, 0.2) is 0 Å². The topological polar surface area (TPSA) is 111 Å². The van der Waals surface area contributed by atoms with Crippen LogP contribution in [0.5, 0.6) is 0 Å². The molecular formula is C38H49ClN4O5. The molecule has 0 aliphatic carbocycles. The van der Waals surface area contributed by atoms with Crippen LogP contribution in [0.4, 0.5) is 0 Å². The van der Waals surface area contributed by atoms with E-state index in [1.807, 2.05) is 112 Å². The van der Waals surface area contributed by atoms with Gasteiger partial charge in [0.05, 0.1) is 0 Å². The minimum absolute atomic E-state index is 0. The highest BCUT2D eigenvalue weighted by molar-refractivity contribution is 5.85. The molecule has 258 valence electrons. The van der Waals surface area contributed by atoms with E-state index in [2.05, 4.69) is 15.3 Å². The van der Waals surface area contributed by atoms with Crippen LogP contribution in [0, 0.1) is 11.8 Å². The summed E-state index contributed by atoms with van der Waals surface area (Å²) in [4.78, 5) is 44.0. The van der Waals surface area contributed by atoms with Crippen LogP contribution < -0.4 is 5.32 Å². The number of benzene rings is 2. The zero-order valence-electron chi connectivity index (χ0n) is 28.7. The molecule has 2 aromatic heterocycles. The highest BCUT2D eigenvalue weighted by atomic mass is 35.5. The van der Waals surface area contributed by atoms with Gasteiger partial charge in [0.2, 0.25) is 0 Å². The van der Waals surface area contributed by atoms with Gasteiger partial charge in [-0.1, -0.05) is 88.4 Å². The average Bonchev–Trinajstić information content (AvgIpc) is 3.09. The quantitative estimate of drug-likeness (QED) is 0.124. The zero-order chi connectivity index (χ0) is 34.4. The minimum Gasteiger partial charge on any atom is -0.460 e. The van der Waals surface area contributed by atoms with Gasteiger partial charge in [-0.2, -0.15) is 0 Å². The number of aldehydes is 1. The normalized spacial score (nSPS) is 11.5. The number of pyridine rings is 2. The molecule has 2 heterocycles. The molecule has 0 spiro atoms. The van der Waals surface area contributed by atoms with Crippen LogP contribution in [0.1, 0.15) is 54.7 Å². The maximum absolute atomic E-state index is 12.5. The summed E-state index contributed by atoms with van der Waals surface area (Å²) in [7, 11) is 3.73. The monoisotopic (exact) mass is 676 g/mol. The van der Waals surface area contributed by atoms with Crippen molar-refractivity contribution in [2.75, 3.05) is 14.1 Å². The third kappa shape index (κ3) is 15.9. The Morgan fingerprint density at radius 3 is 1.56 bits per heavy atom. The van der Waals surface area contributed by atoms with Crippen LogP contribution in [0.25, 0.3) is 0 Å². The van der Waals surface area contributed by atoms with Crippen molar-refractivity contribution < 1.29 is 23.9 Å². The Morgan fingerprint density at radius 2 is 1.17 bits per heavy atom. The van der Waals surface area contributed by atoms with Crippen LogP contribution in [0.2, 0.25) is 0 Å². The first-order chi connectivity index (χ1) is 22.7. The van der Waals surface area contributed by atoms with E-state index in [1.54, 1.807) is 44.0 Å². The lowest BCUT2D eigenvalue weighted by molar-refractivity contribution is -0.153. The van der Waals surface area contributed by atoms with Crippen molar-refractivity contribution in [3.63, 3.8) is 0 Å². The number of aromatic nitrogens is 2. The minimum atomic E-state index is -0.271. The van der Waals surface area contributed by atoms with Crippen molar-refractivity contribution in [1.29, 1.82) is 0 Å². The maximum atomic E-state index is 12.5. The molecule has 2 aromatic carbocycles. The van der Waals surface area contributed by atoms with Gasteiger partial charge in [-0.15, -0.1) is 12.4 Å². The van der Waals surface area contributed by atoms with Crippen molar-refractivity contribution in [2.45, 2.75) is 59.5 Å². The van der Waals surface area contributed by atoms with Crippen LogP contribution in [-0.4, -0.2) is 59.3 Å². The van der Waals surface area contributed by atoms with Crippen LogP contribution in [-0.2, 0) is 38.8 Å². The molecule has 0 aliphatic heterocycles. The zero-order valence-corrected chi connectivity index (χ0v) is 29.5. The predicted molar refractivity (Wildman–Crippen MR) is 191 cm³/mol. The van der Waals surface area contributed by atoms with E-state index < -0.39 is 0 Å². The molecular weight excluding hydrogens is 628 g/mol. The maximum Gasteiger partial charge on any atom is 0.323 e. The summed E-state index contributed by atoms with van der Waals surface area (Å²) in [5.74, 6) is 0.0279. The molecule has 4 aromatic rings. The highest BCUT2D eigenvalue weighted by Crippen LogP contribution is 2.15. The van der Waals surface area contributed by atoms with E-state index in [9.17, 15) is 14.4 Å². The van der Waals surface area contributed by atoms with Crippen molar-refractivity contribution in [2.24, 2.45) is 11.8 Å². The molecule has 0 unspecified atom stereocenters. The van der Waals surface area contributed by atoms with Gasteiger partial charge >= 0.3 is 11.9 Å². The van der Waals surface area contributed by atoms with E-state index in [0.29, 0.717) is 25.3 Å². The SMILES string of the molecule is CC(C)[C@@H](C(=O)OCc1ccccc1)N(C)Cc1ccncc1.CN[C@H](C(=O)OCc1ccccc1)C(C)C.Cl.O=Cc1ccncc1. The van der Waals surface area contributed by atoms with E-state index in [-0.39, 0.29) is 48.3 Å². The number of esters is 2.